The first-order valence-electron chi connectivity index (χ1n) is 7.51. The molecule has 2 spiro atoms. The quantitative estimate of drug-likeness (QED) is 0.624. The minimum absolute atomic E-state index is 0.343. The molecule has 104 valence electrons. The molecule has 0 amide bonds. The number of hydrogen-bond donors (Lipinski definition) is 0. The summed E-state index contributed by atoms with van der Waals surface area (Å²) in [6, 6.07) is 0. The third kappa shape index (κ3) is 1.13. The Balaban J connectivity index is 1.58. The van der Waals surface area contributed by atoms with Crippen LogP contribution >= 0.6 is 0 Å². The zero-order chi connectivity index (χ0) is 12.7. The van der Waals surface area contributed by atoms with E-state index in [1.165, 1.54) is 5.57 Å². The predicted octanol–water partition coefficient (Wildman–Crippen LogP) is 1.70. The summed E-state index contributed by atoms with van der Waals surface area (Å²) >= 11 is 0. The van der Waals surface area contributed by atoms with Crippen molar-refractivity contribution < 1.29 is 18.9 Å². The van der Waals surface area contributed by atoms with Crippen LogP contribution in [0.5, 0.6) is 0 Å². The lowest BCUT2D eigenvalue weighted by atomic mass is 9.49. The molecule has 0 aromatic carbocycles. The Kier molecular flexibility index (Phi) is 2.03. The third-order valence-corrected chi connectivity index (χ3v) is 6.09. The highest BCUT2D eigenvalue weighted by atomic mass is 16.7. The van der Waals surface area contributed by atoms with E-state index in [0.717, 1.165) is 45.7 Å². The summed E-state index contributed by atoms with van der Waals surface area (Å²) in [5, 5.41) is 0. The van der Waals surface area contributed by atoms with E-state index in [4.69, 9.17) is 18.9 Å². The molecule has 4 atom stereocenters. The van der Waals surface area contributed by atoms with E-state index in [-0.39, 0.29) is 11.6 Å². The van der Waals surface area contributed by atoms with Gasteiger partial charge in [0.05, 0.1) is 26.4 Å². The fourth-order valence-electron chi connectivity index (χ4n) is 5.48. The number of rotatable bonds is 0. The van der Waals surface area contributed by atoms with Gasteiger partial charge in [-0.3, -0.25) is 0 Å². The molecule has 6 fully saturated rings. The van der Waals surface area contributed by atoms with Crippen LogP contribution in [0.15, 0.2) is 12.2 Å². The molecular formula is C15H20O4. The first kappa shape index (κ1) is 11.3. The summed E-state index contributed by atoms with van der Waals surface area (Å²) in [5.41, 5.74) is 1.25. The third-order valence-electron chi connectivity index (χ3n) is 6.09. The van der Waals surface area contributed by atoms with Crippen molar-refractivity contribution in [2.45, 2.75) is 30.8 Å². The smallest absolute Gasteiger partial charge is 0.177 e. The molecule has 6 aliphatic rings. The van der Waals surface area contributed by atoms with E-state index in [2.05, 4.69) is 6.58 Å². The Morgan fingerprint density at radius 3 is 1.58 bits per heavy atom. The molecule has 4 bridgehead atoms. The van der Waals surface area contributed by atoms with Gasteiger partial charge in [0, 0.05) is 23.7 Å². The maximum Gasteiger partial charge on any atom is 0.177 e. The van der Waals surface area contributed by atoms with E-state index in [1.807, 2.05) is 0 Å². The Labute approximate surface area is 113 Å². The highest BCUT2D eigenvalue weighted by molar-refractivity contribution is 5.28. The van der Waals surface area contributed by atoms with Gasteiger partial charge in [0.2, 0.25) is 0 Å². The Morgan fingerprint density at radius 1 is 0.737 bits per heavy atom. The van der Waals surface area contributed by atoms with Crippen molar-refractivity contribution in [3.63, 3.8) is 0 Å². The van der Waals surface area contributed by atoms with Crippen molar-refractivity contribution >= 4 is 0 Å². The molecule has 4 heteroatoms. The van der Waals surface area contributed by atoms with Gasteiger partial charge in [-0.25, -0.2) is 0 Å². The standard InChI is InChI=1S/C15H20O4/c1-9-12-8-11-6-10(14(12)16-2-3-17-14)7-13(9)15(11)18-4-5-19-15/h10-13H,1-8H2/t10-,11-,12+,13+/m0/s1. The van der Waals surface area contributed by atoms with Gasteiger partial charge in [-0.05, 0) is 19.3 Å². The molecule has 0 aromatic heterocycles. The van der Waals surface area contributed by atoms with E-state index in [0.29, 0.717) is 23.7 Å². The van der Waals surface area contributed by atoms with Crippen molar-refractivity contribution in [1.82, 2.24) is 0 Å². The molecule has 4 aliphatic carbocycles. The van der Waals surface area contributed by atoms with Crippen LogP contribution in [0.2, 0.25) is 0 Å². The Morgan fingerprint density at radius 2 is 1.16 bits per heavy atom. The fourth-order valence-corrected chi connectivity index (χ4v) is 5.48. The van der Waals surface area contributed by atoms with Crippen molar-refractivity contribution in [1.29, 1.82) is 0 Å². The van der Waals surface area contributed by atoms with Gasteiger partial charge < -0.3 is 18.9 Å². The van der Waals surface area contributed by atoms with Crippen LogP contribution in [-0.2, 0) is 18.9 Å². The Hall–Kier alpha value is -0.420. The summed E-state index contributed by atoms with van der Waals surface area (Å²) in [6.07, 6.45) is 3.21. The van der Waals surface area contributed by atoms with Gasteiger partial charge >= 0.3 is 0 Å². The normalized spacial score (nSPS) is 48.7. The maximum absolute atomic E-state index is 6.07. The summed E-state index contributed by atoms with van der Waals surface area (Å²) in [5.74, 6) is 0.960. The van der Waals surface area contributed by atoms with Gasteiger partial charge in [-0.1, -0.05) is 12.2 Å². The first-order valence-corrected chi connectivity index (χ1v) is 7.51. The number of ether oxygens (including phenoxy) is 4. The van der Waals surface area contributed by atoms with Gasteiger partial charge in [-0.15, -0.1) is 0 Å². The first-order chi connectivity index (χ1) is 9.26. The lowest BCUT2D eigenvalue weighted by Crippen LogP contribution is -2.68. The number of hydrogen-bond acceptors (Lipinski definition) is 4. The monoisotopic (exact) mass is 264 g/mol. The van der Waals surface area contributed by atoms with Gasteiger partial charge in [0.1, 0.15) is 0 Å². The molecule has 4 nitrogen and oxygen atoms in total. The van der Waals surface area contributed by atoms with Crippen LogP contribution in [0, 0.1) is 23.7 Å². The molecule has 4 saturated carbocycles. The molecule has 0 aromatic rings. The minimum atomic E-state index is -0.357. The SMILES string of the molecule is C=C1[C@H]2C[C@@H]3C[C@@H](C[C@H]1C31OCCO1)C21OCCO1. The lowest BCUT2D eigenvalue weighted by molar-refractivity contribution is -0.340. The van der Waals surface area contributed by atoms with Crippen LogP contribution in [0.3, 0.4) is 0 Å². The highest BCUT2D eigenvalue weighted by Crippen LogP contribution is 2.67. The zero-order valence-corrected chi connectivity index (χ0v) is 11.1. The molecule has 2 saturated heterocycles. The maximum atomic E-state index is 6.07. The summed E-state index contributed by atoms with van der Waals surface area (Å²) in [6.45, 7) is 7.29. The second-order valence-corrected chi connectivity index (χ2v) is 6.62. The van der Waals surface area contributed by atoms with Gasteiger partial charge in [-0.2, -0.15) is 0 Å². The van der Waals surface area contributed by atoms with E-state index in [9.17, 15) is 0 Å². The van der Waals surface area contributed by atoms with Crippen molar-refractivity contribution in [2.75, 3.05) is 26.4 Å². The van der Waals surface area contributed by atoms with E-state index >= 15 is 0 Å². The van der Waals surface area contributed by atoms with Crippen LogP contribution in [-0.4, -0.2) is 38.0 Å². The zero-order valence-electron chi connectivity index (χ0n) is 11.1. The second kappa shape index (κ2) is 3.42. The molecule has 19 heavy (non-hydrogen) atoms. The van der Waals surface area contributed by atoms with Crippen molar-refractivity contribution in [3.05, 3.63) is 12.2 Å². The molecule has 0 N–H and O–H groups in total. The van der Waals surface area contributed by atoms with Gasteiger partial charge in [0.25, 0.3) is 0 Å². The highest BCUT2D eigenvalue weighted by Gasteiger charge is 2.71. The Bertz CT molecular complexity index is 395. The van der Waals surface area contributed by atoms with Crippen LogP contribution in [0.4, 0.5) is 0 Å². The summed E-state index contributed by atoms with van der Waals surface area (Å²) in [4.78, 5) is 0. The van der Waals surface area contributed by atoms with Crippen LogP contribution in [0.1, 0.15) is 19.3 Å². The second-order valence-electron chi connectivity index (χ2n) is 6.62. The topological polar surface area (TPSA) is 36.9 Å². The van der Waals surface area contributed by atoms with Crippen LogP contribution in [0.25, 0.3) is 0 Å². The molecule has 2 aliphatic heterocycles. The fraction of sp³-hybridized carbons (Fsp3) is 0.867. The minimum Gasteiger partial charge on any atom is -0.347 e. The molecule has 2 heterocycles. The molecule has 6 rings (SSSR count). The van der Waals surface area contributed by atoms with Crippen LogP contribution < -0.4 is 0 Å². The largest absolute Gasteiger partial charge is 0.347 e. The van der Waals surface area contributed by atoms with E-state index in [1.54, 1.807) is 0 Å². The lowest BCUT2D eigenvalue weighted by Gasteiger charge is -2.64. The van der Waals surface area contributed by atoms with E-state index < -0.39 is 0 Å². The summed E-state index contributed by atoms with van der Waals surface area (Å²) < 4.78 is 24.3. The summed E-state index contributed by atoms with van der Waals surface area (Å²) in [7, 11) is 0. The van der Waals surface area contributed by atoms with Crippen molar-refractivity contribution in [2.24, 2.45) is 23.7 Å². The van der Waals surface area contributed by atoms with Crippen molar-refractivity contribution in [3.8, 4) is 0 Å². The average Bonchev–Trinajstić information content (AvgIpc) is 3.05. The van der Waals surface area contributed by atoms with Gasteiger partial charge in [0.15, 0.2) is 11.6 Å². The molecule has 0 radical (unpaired) electrons. The molecule has 0 unspecified atom stereocenters. The average molecular weight is 264 g/mol. The predicted molar refractivity (Wildman–Crippen MR) is 66.2 cm³/mol. The molecular weight excluding hydrogens is 244 g/mol.